The minimum atomic E-state index is -5.05. The van der Waals surface area contributed by atoms with Gasteiger partial charge in [0, 0.05) is 5.56 Å². The lowest BCUT2D eigenvalue weighted by molar-refractivity contribution is -0.274. The summed E-state index contributed by atoms with van der Waals surface area (Å²) in [5.74, 6) is -2.51. The molecule has 3 heterocycles. The molecule has 9 nitrogen and oxygen atoms in total. The smallest absolute Gasteiger partial charge is 0.475 e. The zero-order valence-electron chi connectivity index (χ0n) is 17.0. The molecular weight excluding hydrogens is 484 g/mol. The average Bonchev–Trinajstić information content (AvgIpc) is 3.29. The Balaban J connectivity index is 1.61. The molecule has 0 unspecified atom stereocenters. The lowest BCUT2D eigenvalue weighted by Gasteiger charge is -2.30. The topological polar surface area (TPSA) is 102 Å². The molecule has 2 saturated heterocycles. The second kappa shape index (κ2) is 8.61. The Bertz CT molecular complexity index is 1010. The van der Waals surface area contributed by atoms with Crippen LogP contribution in [-0.4, -0.2) is 62.2 Å². The number of aryl methyl sites for hydroxylation is 1. The summed E-state index contributed by atoms with van der Waals surface area (Å²) in [5, 5.41) is 2.28. The molecule has 0 spiro atoms. The molecule has 3 aliphatic rings. The van der Waals surface area contributed by atoms with Crippen LogP contribution in [-0.2, 0) is 23.8 Å². The molecule has 1 aromatic carbocycles. The number of halogens is 6. The van der Waals surface area contributed by atoms with Crippen molar-refractivity contribution < 1.29 is 59.7 Å². The number of ether oxygens (including phenoxy) is 5. The first-order chi connectivity index (χ1) is 15.9. The van der Waals surface area contributed by atoms with E-state index in [4.69, 9.17) is 18.9 Å². The number of hydrogen-bond acceptors (Lipinski definition) is 9. The maximum Gasteiger partial charge on any atom is 0.573 e. The van der Waals surface area contributed by atoms with Gasteiger partial charge in [-0.1, -0.05) is 0 Å². The van der Waals surface area contributed by atoms with Gasteiger partial charge in [0.05, 0.1) is 18.8 Å². The first-order valence-electron chi connectivity index (χ1n) is 9.65. The van der Waals surface area contributed by atoms with Gasteiger partial charge in [-0.15, -0.1) is 18.1 Å². The molecule has 1 aromatic rings. The van der Waals surface area contributed by atoms with Crippen molar-refractivity contribution in [1.82, 2.24) is 0 Å². The summed E-state index contributed by atoms with van der Waals surface area (Å²) >= 11 is 0. The number of hydrogen-bond donors (Lipinski definition) is 0. The fourth-order valence-corrected chi connectivity index (χ4v) is 3.94. The Morgan fingerprint density at radius 1 is 1.06 bits per heavy atom. The molecule has 186 valence electrons. The van der Waals surface area contributed by atoms with Crippen molar-refractivity contribution in [2.75, 3.05) is 13.2 Å². The summed E-state index contributed by atoms with van der Waals surface area (Å²) in [4.78, 5) is 27.6. The van der Waals surface area contributed by atoms with Crippen LogP contribution in [0.3, 0.4) is 0 Å². The molecular formula is C19H15F6NO8. The number of benzene rings is 1. The van der Waals surface area contributed by atoms with Crippen LogP contribution in [0.25, 0.3) is 6.08 Å². The molecule has 3 aliphatic heterocycles. The standard InChI is InChI=1S/C19H15F6NO8/c1-7-2-9(33-19(23,24)25)3-8-4-10(16(18(20,21)22)32-13(7)8)17(27)31-11-5-29-15-12(34-26-28)6-30-14(11)15/h2-4,11-12,14-16H,5-6H2,1H3/t11-,12+,14+,15+,16-/m0/s1. The van der Waals surface area contributed by atoms with Crippen LogP contribution in [0.4, 0.5) is 26.3 Å². The van der Waals surface area contributed by atoms with Gasteiger partial charge in [-0.3, -0.25) is 0 Å². The lowest BCUT2D eigenvalue weighted by atomic mass is 9.98. The van der Waals surface area contributed by atoms with Gasteiger partial charge >= 0.3 is 18.5 Å². The molecule has 15 heteroatoms. The summed E-state index contributed by atoms with van der Waals surface area (Å²) in [6.45, 7) is 0.845. The van der Waals surface area contributed by atoms with Gasteiger partial charge in [-0.05, 0) is 30.7 Å². The third-order valence-corrected chi connectivity index (χ3v) is 5.27. The molecule has 5 atom stereocenters. The predicted octanol–water partition coefficient (Wildman–Crippen LogP) is 3.38. The molecule has 0 bridgehead atoms. The molecule has 34 heavy (non-hydrogen) atoms. The van der Waals surface area contributed by atoms with Crippen molar-refractivity contribution in [3.8, 4) is 11.5 Å². The molecule has 0 saturated carbocycles. The van der Waals surface area contributed by atoms with Crippen LogP contribution < -0.4 is 9.47 Å². The van der Waals surface area contributed by atoms with Gasteiger partial charge in [0.1, 0.15) is 23.7 Å². The SMILES string of the molecule is Cc1cc(OC(F)(F)F)cc2c1O[C@H](C(F)(F)F)C(C(=O)O[C@H]1CO[C@H]3[C@@H]1OC[C@H]3ON=O)=C2. The van der Waals surface area contributed by atoms with Crippen molar-refractivity contribution in [2.45, 2.75) is 50.0 Å². The predicted molar refractivity (Wildman–Crippen MR) is 96.3 cm³/mol. The van der Waals surface area contributed by atoms with Gasteiger partial charge in [0.15, 0.2) is 17.5 Å². The molecule has 0 aromatic heterocycles. The fourth-order valence-electron chi connectivity index (χ4n) is 3.94. The zero-order chi connectivity index (χ0) is 24.8. The highest BCUT2D eigenvalue weighted by molar-refractivity contribution is 5.96. The van der Waals surface area contributed by atoms with E-state index in [0.717, 1.165) is 18.2 Å². The third kappa shape index (κ3) is 4.75. The van der Waals surface area contributed by atoms with Gasteiger partial charge in [-0.2, -0.15) is 13.2 Å². The highest BCUT2D eigenvalue weighted by Crippen LogP contribution is 2.42. The quantitative estimate of drug-likeness (QED) is 0.263. The van der Waals surface area contributed by atoms with E-state index in [1.54, 1.807) is 0 Å². The van der Waals surface area contributed by atoms with Crippen molar-refractivity contribution in [1.29, 1.82) is 0 Å². The number of esters is 1. The second-order valence-electron chi connectivity index (χ2n) is 7.60. The Labute approximate surface area is 186 Å². The number of carbonyl (C=O) groups is 1. The van der Waals surface area contributed by atoms with Crippen LogP contribution in [0.5, 0.6) is 11.5 Å². The van der Waals surface area contributed by atoms with Gasteiger partial charge < -0.3 is 28.5 Å². The maximum atomic E-state index is 13.7. The minimum absolute atomic E-state index is 0.0733. The largest absolute Gasteiger partial charge is 0.573 e. The van der Waals surface area contributed by atoms with E-state index >= 15 is 0 Å². The van der Waals surface area contributed by atoms with Crippen LogP contribution >= 0.6 is 0 Å². The fraction of sp³-hybridized carbons (Fsp3) is 0.526. The van der Waals surface area contributed by atoms with Crippen LogP contribution in [0, 0.1) is 11.8 Å². The van der Waals surface area contributed by atoms with E-state index in [2.05, 4.69) is 14.9 Å². The first-order valence-corrected chi connectivity index (χ1v) is 9.65. The Kier molecular flexibility index (Phi) is 6.10. The summed E-state index contributed by atoms with van der Waals surface area (Å²) in [7, 11) is 0. The zero-order valence-corrected chi connectivity index (χ0v) is 17.0. The molecule has 0 aliphatic carbocycles. The number of carbonyl (C=O) groups excluding carboxylic acids is 1. The summed E-state index contributed by atoms with van der Waals surface area (Å²) in [6.07, 6.45) is -15.9. The van der Waals surface area contributed by atoms with Gasteiger partial charge in [0.2, 0.25) is 6.10 Å². The Morgan fingerprint density at radius 3 is 2.32 bits per heavy atom. The molecule has 0 N–H and O–H groups in total. The summed E-state index contributed by atoms with van der Waals surface area (Å²) in [5.41, 5.74) is -1.31. The van der Waals surface area contributed by atoms with Crippen LogP contribution in [0.1, 0.15) is 11.1 Å². The normalized spacial score (nSPS) is 28.3. The molecule has 2 fully saturated rings. The van der Waals surface area contributed by atoms with E-state index in [-0.39, 0.29) is 30.1 Å². The van der Waals surface area contributed by atoms with Crippen molar-refractivity contribution in [3.05, 3.63) is 33.7 Å². The van der Waals surface area contributed by atoms with Crippen LogP contribution in [0.15, 0.2) is 23.0 Å². The number of rotatable bonds is 5. The second-order valence-corrected chi connectivity index (χ2v) is 7.60. The van der Waals surface area contributed by atoms with Crippen molar-refractivity contribution >= 4 is 12.0 Å². The Morgan fingerprint density at radius 2 is 1.71 bits per heavy atom. The average molecular weight is 499 g/mol. The minimum Gasteiger partial charge on any atom is -0.475 e. The van der Waals surface area contributed by atoms with E-state index < -0.39 is 60.4 Å². The van der Waals surface area contributed by atoms with Gasteiger partial charge in [0.25, 0.3) is 0 Å². The molecule has 4 rings (SSSR count). The maximum absolute atomic E-state index is 13.7. The lowest BCUT2D eigenvalue weighted by Crippen LogP contribution is -2.42. The monoisotopic (exact) mass is 499 g/mol. The van der Waals surface area contributed by atoms with Crippen molar-refractivity contribution in [3.63, 3.8) is 0 Å². The first kappa shape index (κ1) is 24.1. The Hall–Kier alpha value is -3.07. The number of alkyl halides is 6. The summed E-state index contributed by atoms with van der Waals surface area (Å²) in [6, 6.07) is 1.65. The van der Waals surface area contributed by atoms with E-state index in [9.17, 15) is 36.0 Å². The van der Waals surface area contributed by atoms with Crippen LogP contribution in [0.2, 0.25) is 0 Å². The highest BCUT2D eigenvalue weighted by atomic mass is 19.4. The summed E-state index contributed by atoms with van der Waals surface area (Å²) < 4.78 is 104. The van der Waals surface area contributed by atoms with E-state index in [1.807, 2.05) is 0 Å². The van der Waals surface area contributed by atoms with Crippen molar-refractivity contribution in [2.24, 2.45) is 5.34 Å². The number of nitrogens with zero attached hydrogens (tertiary/aromatic N) is 1. The van der Waals surface area contributed by atoms with Gasteiger partial charge in [-0.25, -0.2) is 4.79 Å². The molecule has 0 radical (unpaired) electrons. The van der Waals surface area contributed by atoms with E-state index in [0.29, 0.717) is 0 Å². The van der Waals surface area contributed by atoms with E-state index in [1.165, 1.54) is 6.92 Å². The molecule has 0 amide bonds. The third-order valence-electron chi connectivity index (χ3n) is 5.27. The highest BCUT2D eigenvalue weighted by Gasteiger charge is 2.53. The number of fused-ring (bicyclic) bond motifs is 2.